The van der Waals surface area contributed by atoms with Crippen LogP contribution in [0.15, 0.2) is 6.33 Å². The van der Waals surface area contributed by atoms with E-state index in [2.05, 4.69) is 15.0 Å². The van der Waals surface area contributed by atoms with Gasteiger partial charge in [0.2, 0.25) is 0 Å². The number of imidazole rings is 1. The lowest BCUT2D eigenvalue weighted by atomic mass is 10.5. The molecule has 0 aromatic carbocycles. The molecule has 0 aliphatic rings. The summed E-state index contributed by atoms with van der Waals surface area (Å²) in [4.78, 5) is 11.1. The van der Waals surface area contributed by atoms with Gasteiger partial charge in [-0.25, -0.2) is 4.98 Å². The van der Waals surface area contributed by atoms with Crippen LogP contribution in [-0.2, 0) is 11.3 Å². The van der Waals surface area contributed by atoms with E-state index in [1.165, 1.54) is 0 Å². The van der Waals surface area contributed by atoms with Gasteiger partial charge in [-0.05, 0) is 13.8 Å². The van der Waals surface area contributed by atoms with E-state index in [9.17, 15) is 4.39 Å². The van der Waals surface area contributed by atoms with Crippen molar-refractivity contribution in [3.05, 3.63) is 12.4 Å². The fraction of sp³-hybridized carbons (Fsp3) is 0.500. The number of nitrogens with zero attached hydrogens (tertiary/aromatic N) is 4. The standard InChI is InChI=1S/C10H14FN5O/c1-6(2)17-4-3-16-5-13-7-8(12)14-10(11)15-9(7)16/h5-6H,3-4H2,1-2H3,(H2,12,14,15). The zero-order valence-electron chi connectivity index (χ0n) is 9.72. The molecule has 0 aliphatic heterocycles. The Kier molecular flexibility index (Phi) is 3.19. The highest BCUT2D eigenvalue weighted by molar-refractivity contribution is 5.81. The van der Waals surface area contributed by atoms with Crippen molar-refractivity contribution in [3.63, 3.8) is 0 Å². The van der Waals surface area contributed by atoms with Crippen LogP contribution in [0.4, 0.5) is 10.2 Å². The van der Waals surface area contributed by atoms with E-state index in [-0.39, 0.29) is 11.9 Å². The first-order chi connectivity index (χ1) is 8.08. The monoisotopic (exact) mass is 239 g/mol. The van der Waals surface area contributed by atoms with Gasteiger partial charge in [0.25, 0.3) is 0 Å². The predicted molar refractivity (Wildman–Crippen MR) is 60.8 cm³/mol. The van der Waals surface area contributed by atoms with Crippen molar-refractivity contribution in [1.29, 1.82) is 0 Å². The smallest absolute Gasteiger partial charge is 0.312 e. The Balaban J connectivity index is 2.23. The average molecular weight is 239 g/mol. The number of halogens is 1. The Labute approximate surface area is 97.6 Å². The molecule has 6 nitrogen and oxygen atoms in total. The lowest BCUT2D eigenvalue weighted by molar-refractivity contribution is 0.0732. The van der Waals surface area contributed by atoms with Gasteiger partial charge in [-0.15, -0.1) is 0 Å². The van der Waals surface area contributed by atoms with E-state index in [0.29, 0.717) is 24.3 Å². The molecule has 0 saturated carbocycles. The fourth-order valence-corrected chi connectivity index (χ4v) is 1.49. The van der Waals surface area contributed by atoms with E-state index in [1.54, 1.807) is 10.9 Å². The molecule has 0 atom stereocenters. The molecule has 0 aliphatic carbocycles. The highest BCUT2D eigenvalue weighted by Gasteiger charge is 2.10. The number of hydrogen-bond acceptors (Lipinski definition) is 5. The molecule has 0 bridgehead atoms. The van der Waals surface area contributed by atoms with Crippen molar-refractivity contribution >= 4 is 17.0 Å². The van der Waals surface area contributed by atoms with Gasteiger partial charge in [-0.1, -0.05) is 0 Å². The van der Waals surface area contributed by atoms with E-state index in [0.717, 1.165) is 0 Å². The molecule has 2 aromatic heterocycles. The Bertz CT molecular complexity index is 525. The molecule has 7 heteroatoms. The van der Waals surface area contributed by atoms with Crippen molar-refractivity contribution in [2.24, 2.45) is 0 Å². The van der Waals surface area contributed by atoms with Gasteiger partial charge in [0.1, 0.15) is 5.52 Å². The summed E-state index contributed by atoms with van der Waals surface area (Å²) >= 11 is 0. The van der Waals surface area contributed by atoms with Gasteiger partial charge in [0.15, 0.2) is 11.5 Å². The Morgan fingerprint density at radius 2 is 2.24 bits per heavy atom. The SMILES string of the molecule is CC(C)OCCn1cnc2c(N)nc(F)nc21. The van der Waals surface area contributed by atoms with E-state index < -0.39 is 6.08 Å². The number of nitrogen functional groups attached to an aromatic ring is 1. The maximum Gasteiger partial charge on any atom is 0.312 e. The van der Waals surface area contributed by atoms with Gasteiger partial charge in [0.05, 0.1) is 19.0 Å². The van der Waals surface area contributed by atoms with E-state index in [4.69, 9.17) is 10.5 Å². The zero-order valence-corrected chi connectivity index (χ0v) is 9.72. The lowest BCUT2D eigenvalue weighted by Crippen LogP contribution is -2.10. The topological polar surface area (TPSA) is 78.9 Å². The van der Waals surface area contributed by atoms with Gasteiger partial charge in [-0.2, -0.15) is 14.4 Å². The van der Waals surface area contributed by atoms with Gasteiger partial charge >= 0.3 is 6.08 Å². The Hall–Kier alpha value is -1.76. The molecular weight excluding hydrogens is 225 g/mol. The summed E-state index contributed by atoms with van der Waals surface area (Å²) < 4.78 is 20.1. The molecule has 0 saturated heterocycles. The molecular formula is C10H14FN5O. The van der Waals surface area contributed by atoms with Crippen molar-refractivity contribution in [1.82, 2.24) is 19.5 Å². The highest BCUT2D eigenvalue weighted by atomic mass is 19.1. The molecule has 2 aromatic rings. The number of fused-ring (bicyclic) bond motifs is 1. The van der Waals surface area contributed by atoms with Crippen LogP contribution in [0.3, 0.4) is 0 Å². The zero-order chi connectivity index (χ0) is 12.4. The second-order valence-electron chi connectivity index (χ2n) is 3.91. The number of nitrogens with two attached hydrogens (primary N) is 1. The molecule has 0 unspecified atom stereocenters. The molecule has 2 heterocycles. The van der Waals surface area contributed by atoms with Crippen molar-refractivity contribution in [3.8, 4) is 0 Å². The summed E-state index contributed by atoms with van der Waals surface area (Å²) in [7, 11) is 0. The number of hydrogen-bond donors (Lipinski definition) is 1. The third-order valence-electron chi connectivity index (χ3n) is 2.25. The van der Waals surface area contributed by atoms with E-state index >= 15 is 0 Å². The van der Waals surface area contributed by atoms with Crippen LogP contribution in [0, 0.1) is 6.08 Å². The molecule has 0 amide bonds. The predicted octanol–water partition coefficient (Wildman–Crippen LogP) is 0.973. The van der Waals surface area contributed by atoms with Crippen molar-refractivity contribution < 1.29 is 9.13 Å². The summed E-state index contributed by atoms with van der Waals surface area (Å²) in [6.45, 7) is 4.96. The first-order valence-corrected chi connectivity index (χ1v) is 5.33. The van der Waals surface area contributed by atoms with Gasteiger partial charge in [-0.3, -0.25) is 0 Å². The molecule has 0 fully saturated rings. The van der Waals surface area contributed by atoms with Crippen LogP contribution < -0.4 is 5.73 Å². The number of rotatable bonds is 4. The minimum absolute atomic E-state index is 0.0519. The van der Waals surface area contributed by atoms with E-state index in [1.807, 2.05) is 13.8 Å². The summed E-state index contributed by atoms with van der Waals surface area (Å²) in [6, 6.07) is 0. The molecule has 2 N–H and O–H groups in total. The first kappa shape index (κ1) is 11.7. The summed E-state index contributed by atoms with van der Waals surface area (Å²) in [5.74, 6) is 0.0519. The molecule has 2 rings (SSSR count). The van der Waals surface area contributed by atoms with Gasteiger partial charge < -0.3 is 15.0 Å². The van der Waals surface area contributed by atoms with Crippen LogP contribution in [0.5, 0.6) is 0 Å². The summed E-state index contributed by atoms with van der Waals surface area (Å²) in [6.07, 6.45) is 0.862. The molecule has 92 valence electrons. The minimum atomic E-state index is -0.846. The number of anilines is 1. The minimum Gasteiger partial charge on any atom is -0.382 e. The molecule has 0 spiro atoms. The summed E-state index contributed by atoms with van der Waals surface area (Å²) in [5.41, 5.74) is 6.35. The molecule has 17 heavy (non-hydrogen) atoms. The maximum atomic E-state index is 13.0. The van der Waals surface area contributed by atoms with Crippen molar-refractivity contribution in [2.45, 2.75) is 26.5 Å². The largest absolute Gasteiger partial charge is 0.382 e. The average Bonchev–Trinajstić information content (AvgIpc) is 2.61. The van der Waals surface area contributed by atoms with Crippen LogP contribution in [0.25, 0.3) is 11.2 Å². The number of ether oxygens (including phenoxy) is 1. The second kappa shape index (κ2) is 4.62. The third-order valence-corrected chi connectivity index (χ3v) is 2.25. The first-order valence-electron chi connectivity index (χ1n) is 5.33. The van der Waals surface area contributed by atoms with Crippen LogP contribution in [-0.4, -0.2) is 32.2 Å². The van der Waals surface area contributed by atoms with Gasteiger partial charge in [0, 0.05) is 6.54 Å². The Morgan fingerprint density at radius 3 is 2.94 bits per heavy atom. The summed E-state index contributed by atoms with van der Waals surface area (Å²) in [5, 5.41) is 0. The van der Waals surface area contributed by atoms with Crippen LogP contribution >= 0.6 is 0 Å². The second-order valence-corrected chi connectivity index (χ2v) is 3.91. The van der Waals surface area contributed by atoms with Crippen molar-refractivity contribution in [2.75, 3.05) is 12.3 Å². The van der Waals surface area contributed by atoms with Crippen LogP contribution in [0.2, 0.25) is 0 Å². The Morgan fingerprint density at radius 1 is 1.47 bits per heavy atom. The van der Waals surface area contributed by atoms with Crippen LogP contribution in [0.1, 0.15) is 13.8 Å². The third kappa shape index (κ3) is 2.50. The molecule has 0 radical (unpaired) electrons. The quantitative estimate of drug-likeness (QED) is 0.804. The number of aromatic nitrogens is 4. The lowest BCUT2D eigenvalue weighted by Gasteiger charge is -2.08. The normalized spacial score (nSPS) is 11.5. The highest BCUT2D eigenvalue weighted by Crippen LogP contribution is 2.15. The maximum absolute atomic E-state index is 13.0. The fourth-order valence-electron chi connectivity index (χ4n) is 1.49.